The third-order valence-corrected chi connectivity index (χ3v) is 5.88. The molecule has 0 radical (unpaired) electrons. The third-order valence-electron chi connectivity index (χ3n) is 4.90. The molecule has 1 N–H and O–H groups in total. The van der Waals surface area contributed by atoms with Gasteiger partial charge in [-0.1, -0.05) is 0 Å². The number of amides is 1. The van der Waals surface area contributed by atoms with Crippen LogP contribution in [0.1, 0.15) is 35.1 Å². The van der Waals surface area contributed by atoms with Crippen LogP contribution in [0.3, 0.4) is 0 Å². The number of halogens is 4. The molecule has 2 aromatic heterocycles. The zero-order valence-electron chi connectivity index (χ0n) is 16.4. The van der Waals surface area contributed by atoms with Gasteiger partial charge < -0.3 is 5.32 Å². The number of sulfone groups is 1. The highest BCUT2D eigenvalue weighted by atomic mass is 32.2. The topological polar surface area (TPSA) is 93.9 Å². The molecular formula is C18H20F4N4O3S. The molecule has 2 aromatic rings. The fraction of sp³-hybridized carbons (Fsp3) is 0.500. The van der Waals surface area contributed by atoms with Crippen molar-refractivity contribution < 1.29 is 30.8 Å². The summed E-state index contributed by atoms with van der Waals surface area (Å²) < 4.78 is 77.9. The Labute approximate surface area is 170 Å². The van der Waals surface area contributed by atoms with E-state index in [1.807, 2.05) is 0 Å². The first kappa shape index (κ1) is 22.2. The Kier molecular flexibility index (Phi) is 5.65. The summed E-state index contributed by atoms with van der Waals surface area (Å²) in [6, 6.07) is 2.47. The average molecular weight is 448 g/mol. The number of hydrogen-bond donors (Lipinski definition) is 1. The summed E-state index contributed by atoms with van der Waals surface area (Å²) in [5.74, 6) is -5.47. The highest BCUT2D eigenvalue weighted by Gasteiger charge is 2.45. The SMILES string of the molecule is Cc1c(C(C)(F)F)nn(CC2C[C@H]2C(F)F)c1C(=O)Nc1ccnc(S(C)(=O)=O)c1. The number of hydrogen-bond acceptors (Lipinski definition) is 5. The summed E-state index contributed by atoms with van der Waals surface area (Å²) >= 11 is 0. The Morgan fingerprint density at radius 2 is 2.07 bits per heavy atom. The van der Waals surface area contributed by atoms with E-state index < -0.39 is 45.6 Å². The lowest BCUT2D eigenvalue weighted by atomic mass is 10.1. The van der Waals surface area contributed by atoms with Crippen molar-refractivity contribution in [3.05, 3.63) is 35.3 Å². The van der Waals surface area contributed by atoms with Gasteiger partial charge >= 0.3 is 0 Å². The molecule has 3 rings (SSSR count). The van der Waals surface area contributed by atoms with Gasteiger partial charge in [0.05, 0.1) is 0 Å². The minimum Gasteiger partial charge on any atom is -0.321 e. The van der Waals surface area contributed by atoms with E-state index in [-0.39, 0.29) is 34.9 Å². The summed E-state index contributed by atoms with van der Waals surface area (Å²) in [6.45, 7) is 1.84. The van der Waals surface area contributed by atoms with Crippen molar-refractivity contribution >= 4 is 21.4 Å². The summed E-state index contributed by atoms with van der Waals surface area (Å²) in [7, 11) is -3.63. The van der Waals surface area contributed by atoms with Crippen LogP contribution < -0.4 is 5.32 Å². The summed E-state index contributed by atoms with van der Waals surface area (Å²) in [5, 5.41) is 6.00. The monoisotopic (exact) mass is 448 g/mol. The number of nitrogens with zero attached hydrogens (tertiary/aromatic N) is 3. The third kappa shape index (κ3) is 4.63. The molecule has 1 aliphatic carbocycles. The van der Waals surface area contributed by atoms with Crippen LogP contribution >= 0.6 is 0 Å². The number of anilines is 1. The van der Waals surface area contributed by atoms with Crippen LogP contribution in [0, 0.1) is 18.8 Å². The van der Waals surface area contributed by atoms with Crippen molar-refractivity contribution in [2.45, 2.75) is 44.2 Å². The standard InChI is InChI=1S/C18H20F4N4O3S/c1-9-14(17(27)24-11-4-5-23-13(7-11)30(3,28)29)26(25-15(9)18(2,21)22)8-10-6-12(10)16(19)20/h4-5,7,10,12,16H,6,8H2,1-3H3,(H,23,24,27)/t10?,12-/m1/s1. The van der Waals surface area contributed by atoms with Crippen LogP contribution in [0.15, 0.2) is 23.4 Å². The highest BCUT2D eigenvalue weighted by Crippen LogP contribution is 2.44. The molecule has 7 nitrogen and oxygen atoms in total. The lowest BCUT2D eigenvalue weighted by molar-refractivity contribution is 0.0114. The highest BCUT2D eigenvalue weighted by molar-refractivity contribution is 7.90. The maximum Gasteiger partial charge on any atom is 0.289 e. The van der Waals surface area contributed by atoms with E-state index in [1.165, 1.54) is 19.2 Å². The van der Waals surface area contributed by atoms with Gasteiger partial charge in [0.25, 0.3) is 11.8 Å². The number of aromatic nitrogens is 3. The molecule has 2 atom stereocenters. The lowest BCUT2D eigenvalue weighted by Gasteiger charge is -2.10. The largest absolute Gasteiger partial charge is 0.321 e. The van der Waals surface area contributed by atoms with E-state index in [9.17, 15) is 30.8 Å². The first-order chi connectivity index (χ1) is 13.8. The van der Waals surface area contributed by atoms with Crippen LogP contribution in [0.2, 0.25) is 0 Å². The first-order valence-corrected chi connectivity index (χ1v) is 10.9. The molecule has 0 aromatic carbocycles. The zero-order chi connectivity index (χ0) is 22.4. The van der Waals surface area contributed by atoms with Crippen molar-refractivity contribution in [3.63, 3.8) is 0 Å². The van der Waals surface area contributed by atoms with Crippen LogP contribution in [0.5, 0.6) is 0 Å². The van der Waals surface area contributed by atoms with E-state index in [2.05, 4.69) is 15.4 Å². The zero-order valence-corrected chi connectivity index (χ0v) is 17.2. The molecule has 0 spiro atoms. The molecule has 12 heteroatoms. The first-order valence-electron chi connectivity index (χ1n) is 9.00. The fourth-order valence-electron chi connectivity index (χ4n) is 3.28. The quantitative estimate of drug-likeness (QED) is 0.657. The van der Waals surface area contributed by atoms with Gasteiger partial charge in [0.2, 0.25) is 6.43 Å². The van der Waals surface area contributed by atoms with Gasteiger partial charge in [-0.3, -0.25) is 9.48 Å². The number of pyridine rings is 1. The minimum atomic E-state index is -3.63. The molecule has 1 saturated carbocycles. The van der Waals surface area contributed by atoms with Gasteiger partial charge in [0.15, 0.2) is 14.9 Å². The predicted octanol–water partition coefficient (Wildman–Crippen LogP) is 3.26. The molecule has 30 heavy (non-hydrogen) atoms. The Bertz CT molecular complexity index is 1080. The van der Waals surface area contributed by atoms with E-state index in [4.69, 9.17) is 0 Å². The molecule has 0 saturated heterocycles. The summed E-state index contributed by atoms with van der Waals surface area (Å²) in [4.78, 5) is 16.5. The van der Waals surface area contributed by atoms with E-state index in [0.717, 1.165) is 17.0 Å². The second-order valence-corrected chi connectivity index (χ2v) is 9.46. The molecule has 2 heterocycles. The van der Waals surface area contributed by atoms with Gasteiger partial charge in [-0.25, -0.2) is 22.2 Å². The lowest BCUT2D eigenvalue weighted by Crippen LogP contribution is -2.20. The number of rotatable bonds is 7. The van der Waals surface area contributed by atoms with Crippen molar-refractivity contribution in [2.75, 3.05) is 11.6 Å². The maximum absolute atomic E-state index is 13.9. The van der Waals surface area contributed by atoms with Crippen molar-refractivity contribution in [1.82, 2.24) is 14.8 Å². The number of nitrogens with one attached hydrogen (secondary N) is 1. The van der Waals surface area contributed by atoms with E-state index >= 15 is 0 Å². The number of carbonyl (C=O) groups excluding carboxylic acids is 1. The second kappa shape index (κ2) is 7.64. The van der Waals surface area contributed by atoms with Gasteiger partial charge in [0.1, 0.15) is 11.4 Å². The number of carbonyl (C=O) groups is 1. The predicted molar refractivity (Wildman–Crippen MR) is 99.4 cm³/mol. The summed E-state index contributed by atoms with van der Waals surface area (Å²) in [5.41, 5.74) is -0.798. The fourth-order valence-corrected chi connectivity index (χ4v) is 3.87. The number of alkyl halides is 4. The Morgan fingerprint density at radius 3 is 2.60 bits per heavy atom. The van der Waals surface area contributed by atoms with Crippen LogP contribution in [-0.4, -0.2) is 41.8 Å². The van der Waals surface area contributed by atoms with Gasteiger partial charge in [-0.15, -0.1) is 0 Å². The Balaban J connectivity index is 1.93. The van der Waals surface area contributed by atoms with Crippen molar-refractivity contribution in [3.8, 4) is 0 Å². The minimum absolute atomic E-state index is 0.0772. The van der Waals surface area contributed by atoms with E-state index in [0.29, 0.717) is 6.92 Å². The smallest absolute Gasteiger partial charge is 0.289 e. The summed E-state index contributed by atoms with van der Waals surface area (Å²) in [6.07, 6.45) is -0.177. The Hall–Kier alpha value is -2.50. The van der Waals surface area contributed by atoms with Gasteiger partial charge in [-0.05, 0) is 31.4 Å². The Morgan fingerprint density at radius 1 is 1.40 bits per heavy atom. The second-order valence-electron chi connectivity index (χ2n) is 7.50. The average Bonchev–Trinajstić information content (AvgIpc) is 3.29. The van der Waals surface area contributed by atoms with Crippen LogP contribution in [-0.2, 0) is 22.3 Å². The molecule has 0 bridgehead atoms. The maximum atomic E-state index is 13.9. The van der Waals surface area contributed by atoms with Crippen molar-refractivity contribution in [2.24, 2.45) is 11.8 Å². The van der Waals surface area contributed by atoms with Crippen LogP contribution in [0.25, 0.3) is 0 Å². The van der Waals surface area contributed by atoms with Crippen molar-refractivity contribution in [1.29, 1.82) is 0 Å². The van der Waals surface area contributed by atoms with E-state index in [1.54, 1.807) is 0 Å². The molecule has 1 aliphatic rings. The van der Waals surface area contributed by atoms with Gasteiger partial charge in [0, 0.05) is 43.1 Å². The van der Waals surface area contributed by atoms with Gasteiger partial charge in [-0.2, -0.15) is 13.9 Å². The molecule has 1 unspecified atom stereocenters. The molecule has 1 fully saturated rings. The normalized spacial score (nSPS) is 19.2. The molecular weight excluding hydrogens is 428 g/mol. The molecule has 0 aliphatic heterocycles. The molecule has 164 valence electrons. The van der Waals surface area contributed by atoms with Crippen LogP contribution in [0.4, 0.5) is 23.2 Å². The molecule has 1 amide bonds.